The number of rotatable bonds is 2. The first-order chi connectivity index (χ1) is 11.7. The molecule has 0 fully saturated rings. The second kappa shape index (κ2) is 5.65. The van der Waals surface area contributed by atoms with E-state index in [-0.39, 0.29) is 17.4 Å². The molecule has 0 saturated carbocycles. The molecule has 1 atom stereocenters. The molecule has 0 spiro atoms. The quantitative estimate of drug-likeness (QED) is 0.676. The van der Waals surface area contributed by atoms with Crippen molar-refractivity contribution in [2.24, 2.45) is 0 Å². The van der Waals surface area contributed by atoms with Crippen LogP contribution in [0.4, 0.5) is 0 Å². The Morgan fingerprint density at radius 2 is 1.83 bits per heavy atom. The molecule has 0 saturated heterocycles. The van der Waals surface area contributed by atoms with Gasteiger partial charge in [-0.1, -0.05) is 48.5 Å². The van der Waals surface area contributed by atoms with Gasteiger partial charge in [-0.2, -0.15) is 0 Å². The summed E-state index contributed by atoms with van der Waals surface area (Å²) in [5.74, 6) is -1.28. The maximum atomic E-state index is 11.6. The number of aromatic carboxylic acids is 1. The molecule has 4 heteroatoms. The molecule has 0 amide bonds. The minimum absolute atomic E-state index is 0.0615. The summed E-state index contributed by atoms with van der Waals surface area (Å²) in [6, 6.07) is 17.0. The summed E-state index contributed by atoms with van der Waals surface area (Å²) in [6.07, 6.45) is 0.921. The SMILES string of the molecule is O=C(O)c1cc2ccccc2c(C2NCCc3ccccc32)c1O. The van der Waals surface area contributed by atoms with Gasteiger partial charge < -0.3 is 15.5 Å². The Balaban J connectivity index is 2.03. The zero-order chi connectivity index (χ0) is 16.7. The minimum atomic E-state index is -1.12. The molecule has 4 rings (SSSR count). The van der Waals surface area contributed by atoms with Gasteiger partial charge in [0.1, 0.15) is 11.3 Å². The van der Waals surface area contributed by atoms with E-state index in [2.05, 4.69) is 11.4 Å². The van der Waals surface area contributed by atoms with Crippen molar-refractivity contribution in [1.29, 1.82) is 0 Å². The van der Waals surface area contributed by atoms with Crippen molar-refractivity contribution in [3.05, 3.63) is 76.9 Å². The van der Waals surface area contributed by atoms with Crippen LogP contribution in [0.25, 0.3) is 10.8 Å². The molecule has 1 heterocycles. The van der Waals surface area contributed by atoms with Gasteiger partial charge in [0.05, 0.1) is 6.04 Å². The van der Waals surface area contributed by atoms with Crippen molar-refractivity contribution in [1.82, 2.24) is 5.32 Å². The van der Waals surface area contributed by atoms with Crippen LogP contribution in [-0.2, 0) is 6.42 Å². The highest BCUT2D eigenvalue weighted by Gasteiger charge is 2.27. The summed E-state index contributed by atoms with van der Waals surface area (Å²) in [5.41, 5.74) is 2.89. The van der Waals surface area contributed by atoms with Gasteiger partial charge in [-0.05, 0) is 34.4 Å². The fraction of sp³-hybridized carbons (Fsp3) is 0.150. The van der Waals surface area contributed by atoms with E-state index in [4.69, 9.17) is 0 Å². The van der Waals surface area contributed by atoms with Crippen molar-refractivity contribution >= 4 is 16.7 Å². The minimum Gasteiger partial charge on any atom is -0.507 e. The number of nitrogens with one attached hydrogen (secondary N) is 1. The lowest BCUT2D eigenvalue weighted by molar-refractivity contribution is 0.0693. The average Bonchev–Trinajstić information content (AvgIpc) is 2.61. The van der Waals surface area contributed by atoms with Gasteiger partial charge in [0.15, 0.2) is 0 Å². The molecule has 1 aliphatic rings. The molecule has 0 bridgehead atoms. The summed E-state index contributed by atoms with van der Waals surface area (Å²) >= 11 is 0. The zero-order valence-corrected chi connectivity index (χ0v) is 13.0. The molecule has 0 aliphatic carbocycles. The Morgan fingerprint density at radius 3 is 2.67 bits per heavy atom. The van der Waals surface area contributed by atoms with Crippen LogP contribution < -0.4 is 5.32 Å². The number of carboxylic acids is 1. The van der Waals surface area contributed by atoms with E-state index in [0.29, 0.717) is 5.56 Å². The fourth-order valence-corrected chi connectivity index (χ4v) is 3.58. The van der Waals surface area contributed by atoms with Gasteiger partial charge in [-0.25, -0.2) is 4.79 Å². The van der Waals surface area contributed by atoms with Crippen LogP contribution in [0.5, 0.6) is 5.75 Å². The van der Waals surface area contributed by atoms with Crippen LogP contribution in [0.15, 0.2) is 54.6 Å². The van der Waals surface area contributed by atoms with Gasteiger partial charge in [-0.15, -0.1) is 0 Å². The molecule has 0 radical (unpaired) electrons. The summed E-state index contributed by atoms with van der Waals surface area (Å²) in [7, 11) is 0. The smallest absolute Gasteiger partial charge is 0.339 e. The van der Waals surface area contributed by atoms with Crippen LogP contribution >= 0.6 is 0 Å². The molecular weight excluding hydrogens is 302 g/mol. The van der Waals surface area contributed by atoms with Crippen molar-refractivity contribution in [3.63, 3.8) is 0 Å². The van der Waals surface area contributed by atoms with Gasteiger partial charge in [0, 0.05) is 12.1 Å². The Bertz CT molecular complexity index is 949. The van der Waals surface area contributed by atoms with Gasteiger partial charge >= 0.3 is 5.97 Å². The fourth-order valence-electron chi connectivity index (χ4n) is 3.58. The van der Waals surface area contributed by atoms with Crippen LogP contribution in [-0.4, -0.2) is 22.7 Å². The van der Waals surface area contributed by atoms with Crippen LogP contribution in [0, 0.1) is 0 Å². The molecular formula is C20H17NO3. The summed E-state index contributed by atoms with van der Waals surface area (Å²) < 4.78 is 0. The number of hydrogen-bond acceptors (Lipinski definition) is 3. The second-order valence-electron chi connectivity index (χ2n) is 6.05. The third kappa shape index (κ3) is 2.23. The lowest BCUT2D eigenvalue weighted by Crippen LogP contribution is -2.31. The van der Waals surface area contributed by atoms with Gasteiger partial charge in [-0.3, -0.25) is 0 Å². The van der Waals surface area contributed by atoms with E-state index in [1.807, 2.05) is 42.5 Å². The summed E-state index contributed by atoms with van der Waals surface area (Å²) in [5, 5.41) is 25.3. The highest BCUT2D eigenvalue weighted by molar-refractivity contribution is 6.00. The Hall–Kier alpha value is -2.85. The monoisotopic (exact) mass is 319 g/mol. The van der Waals surface area contributed by atoms with Crippen LogP contribution in [0.1, 0.15) is 33.1 Å². The van der Waals surface area contributed by atoms with Crippen molar-refractivity contribution < 1.29 is 15.0 Å². The van der Waals surface area contributed by atoms with E-state index < -0.39 is 5.97 Å². The molecule has 3 aromatic carbocycles. The predicted molar refractivity (Wildman–Crippen MR) is 92.6 cm³/mol. The topological polar surface area (TPSA) is 69.6 Å². The summed E-state index contributed by atoms with van der Waals surface area (Å²) in [4.78, 5) is 11.6. The Labute approximate surface area is 139 Å². The normalized spacial score (nSPS) is 16.8. The Morgan fingerprint density at radius 1 is 1.08 bits per heavy atom. The van der Waals surface area contributed by atoms with E-state index in [1.165, 1.54) is 11.6 Å². The van der Waals surface area contributed by atoms with E-state index in [1.54, 1.807) is 0 Å². The predicted octanol–water partition coefficient (Wildman–Crippen LogP) is 3.48. The van der Waals surface area contributed by atoms with E-state index >= 15 is 0 Å². The third-order valence-corrected chi connectivity index (χ3v) is 4.69. The summed E-state index contributed by atoms with van der Waals surface area (Å²) in [6.45, 7) is 0.784. The lowest BCUT2D eigenvalue weighted by Gasteiger charge is -2.29. The van der Waals surface area contributed by atoms with Crippen molar-refractivity contribution in [3.8, 4) is 5.75 Å². The van der Waals surface area contributed by atoms with Gasteiger partial charge in [0.25, 0.3) is 0 Å². The van der Waals surface area contributed by atoms with E-state index in [0.717, 1.165) is 29.3 Å². The Kier molecular flexibility index (Phi) is 3.47. The first-order valence-electron chi connectivity index (χ1n) is 7.96. The highest BCUT2D eigenvalue weighted by atomic mass is 16.4. The first kappa shape index (κ1) is 14.7. The number of fused-ring (bicyclic) bond motifs is 2. The molecule has 3 aromatic rings. The second-order valence-corrected chi connectivity index (χ2v) is 6.05. The standard InChI is InChI=1S/C20H17NO3/c22-19-16(20(23)24)11-13-6-2-3-7-14(13)17(19)18-15-8-4-1-5-12(15)9-10-21-18/h1-8,11,18,21-22H,9-10H2,(H,23,24). The van der Waals surface area contributed by atoms with Crippen LogP contribution in [0.3, 0.4) is 0 Å². The van der Waals surface area contributed by atoms with Gasteiger partial charge in [0.2, 0.25) is 0 Å². The molecule has 1 aliphatic heterocycles. The molecule has 24 heavy (non-hydrogen) atoms. The number of carboxylic acid groups (broad SMARTS) is 1. The maximum Gasteiger partial charge on any atom is 0.339 e. The molecule has 1 unspecified atom stereocenters. The first-order valence-corrected chi connectivity index (χ1v) is 7.96. The average molecular weight is 319 g/mol. The molecule has 4 nitrogen and oxygen atoms in total. The highest BCUT2D eigenvalue weighted by Crippen LogP contribution is 2.40. The number of hydrogen-bond donors (Lipinski definition) is 3. The number of phenols is 1. The largest absolute Gasteiger partial charge is 0.507 e. The lowest BCUT2D eigenvalue weighted by atomic mass is 9.86. The molecule has 3 N–H and O–H groups in total. The zero-order valence-electron chi connectivity index (χ0n) is 13.0. The number of aromatic hydroxyl groups is 1. The maximum absolute atomic E-state index is 11.6. The van der Waals surface area contributed by atoms with E-state index in [9.17, 15) is 15.0 Å². The molecule has 0 aromatic heterocycles. The number of benzene rings is 3. The number of carbonyl (C=O) groups is 1. The van der Waals surface area contributed by atoms with Crippen LogP contribution in [0.2, 0.25) is 0 Å². The van der Waals surface area contributed by atoms with Crippen molar-refractivity contribution in [2.75, 3.05) is 6.54 Å². The van der Waals surface area contributed by atoms with Crippen molar-refractivity contribution in [2.45, 2.75) is 12.5 Å². The molecule has 120 valence electrons. The third-order valence-electron chi connectivity index (χ3n) is 4.69.